The second-order valence-electron chi connectivity index (χ2n) is 9.51. The maximum atomic E-state index is 13.4. The SMILES string of the molecule is CC1=C[C@@H]2/C=C(\C)CCC[C@H](O)/C=C/C(=O)O[C@]23C(=O)N[C@H](CC(C)C)[C@@H]3[C@@H]1C. The molecule has 3 rings (SSSR count). The molecule has 160 valence electrons. The number of hydrogen-bond donors (Lipinski definition) is 2. The molecule has 6 atom stereocenters. The van der Waals surface area contributed by atoms with Gasteiger partial charge in [0.2, 0.25) is 5.60 Å². The van der Waals surface area contributed by atoms with E-state index in [1.54, 1.807) is 0 Å². The highest BCUT2D eigenvalue weighted by Crippen LogP contribution is 2.50. The zero-order valence-corrected chi connectivity index (χ0v) is 18.3. The molecule has 1 amide bonds. The Bertz CT molecular complexity index is 750. The number of amides is 1. The van der Waals surface area contributed by atoms with E-state index < -0.39 is 17.7 Å². The molecule has 0 aromatic heterocycles. The molecule has 0 unspecified atom stereocenters. The van der Waals surface area contributed by atoms with Crippen molar-refractivity contribution >= 4 is 11.9 Å². The molecule has 3 aliphatic rings. The second kappa shape index (κ2) is 8.47. The Morgan fingerprint density at radius 3 is 2.69 bits per heavy atom. The van der Waals surface area contributed by atoms with Crippen LogP contribution < -0.4 is 5.32 Å². The van der Waals surface area contributed by atoms with Gasteiger partial charge in [-0.25, -0.2) is 4.79 Å². The summed E-state index contributed by atoms with van der Waals surface area (Å²) in [5, 5.41) is 13.3. The molecule has 0 aromatic carbocycles. The van der Waals surface area contributed by atoms with E-state index in [4.69, 9.17) is 4.74 Å². The van der Waals surface area contributed by atoms with E-state index >= 15 is 0 Å². The second-order valence-corrected chi connectivity index (χ2v) is 9.51. The van der Waals surface area contributed by atoms with Crippen molar-refractivity contribution in [3.63, 3.8) is 0 Å². The average molecular weight is 402 g/mol. The van der Waals surface area contributed by atoms with Crippen LogP contribution in [0.5, 0.6) is 0 Å². The lowest BCUT2D eigenvalue weighted by Gasteiger charge is -2.45. The van der Waals surface area contributed by atoms with Crippen molar-refractivity contribution in [2.75, 3.05) is 0 Å². The number of esters is 1. The highest BCUT2D eigenvalue weighted by atomic mass is 16.6. The molecule has 0 bridgehead atoms. The van der Waals surface area contributed by atoms with E-state index in [-0.39, 0.29) is 29.7 Å². The van der Waals surface area contributed by atoms with Gasteiger partial charge in [0, 0.05) is 24.0 Å². The molecule has 1 spiro atoms. The molecule has 29 heavy (non-hydrogen) atoms. The molecule has 2 N–H and O–H groups in total. The molecular weight excluding hydrogens is 366 g/mol. The molecule has 1 aliphatic carbocycles. The minimum absolute atomic E-state index is 0.0346. The summed E-state index contributed by atoms with van der Waals surface area (Å²) in [6.07, 6.45) is 9.40. The lowest BCUT2D eigenvalue weighted by atomic mass is 9.63. The number of carbonyl (C=O) groups excluding carboxylic acids is 2. The summed E-state index contributed by atoms with van der Waals surface area (Å²) < 4.78 is 6.04. The molecule has 1 saturated heterocycles. The summed E-state index contributed by atoms with van der Waals surface area (Å²) in [4.78, 5) is 26.2. The summed E-state index contributed by atoms with van der Waals surface area (Å²) in [7, 11) is 0. The Morgan fingerprint density at radius 1 is 1.28 bits per heavy atom. The van der Waals surface area contributed by atoms with Gasteiger partial charge in [0.15, 0.2) is 0 Å². The van der Waals surface area contributed by atoms with E-state index in [0.717, 1.165) is 24.8 Å². The van der Waals surface area contributed by atoms with Crippen LogP contribution in [-0.2, 0) is 14.3 Å². The summed E-state index contributed by atoms with van der Waals surface area (Å²) >= 11 is 0. The van der Waals surface area contributed by atoms with Crippen molar-refractivity contribution in [2.24, 2.45) is 23.7 Å². The average Bonchev–Trinajstić information content (AvgIpc) is 2.89. The van der Waals surface area contributed by atoms with Gasteiger partial charge in [-0.15, -0.1) is 0 Å². The van der Waals surface area contributed by atoms with Crippen LogP contribution in [0.1, 0.15) is 60.3 Å². The fourth-order valence-corrected chi connectivity index (χ4v) is 5.29. The first kappa shape index (κ1) is 21.8. The molecule has 2 heterocycles. The summed E-state index contributed by atoms with van der Waals surface area (Å²) in [5.74, 6) is -0.632. The number of rotatable bonds is 2. The van der Waals surface area contributed by atoms with Crippen molar-refractivity contribution < 1.29 is 19.4 Å². The summed E-state index contributed by atoms with van der Waals surface area (Å²) in [6, 6.07) is -0.0346. The van der Waals surface area contributed by atoms with E-state index in [9.17, 15) is 14.7 Å². The zero-order valence-electron chi connectivity index (χ0n) is 18.3. The maximum Gasteiger partial charge on any atom is 0.331 e. The van der Waals surface area contributed by atoms with Gasteiger partial charge in [-0.05, 0) is 57.4 Å². The molecule has 5 heteroatoms. The lowest BCUT2D eigenvalue weighted by molar-refractivity contribution is -0.172. The van der Waals surface area contributed by atoms with Gasteiger partial charge in [-0.2, -0.15) is 0 Å². The lowest BCUT2D eigenvalue weighted by Crippen LogP contribution is -2.56. The van der Waals surface area contributed by atoms with Crippen molar-refractivity contribution in [3.8, 4) is 0 Å². The quantitative estimate of drug-likeness (QED) is 0.547. The number of hydrogen-bond acceptors (Lipinski definition) is 4. The zero-order chi connectivity index (χ0) is 21.3. The largest absolute Gasteiger partial charge is 0.444 e. The summed E-state index contributed by atoms with van der Waals surface area (Å²) in [6.45, 7) is 10.6. The van der Waals surface area contributed by atoms with Gasteiger partial charge < -0.3 is 15.2 Å². The third-order valence-electron chi connectivity index (χ3n) is 6.78. The van der Waals surface area contributed by atoms with Crippen LogP contribution in [0, 0.1) is 23.7 Å². The Morgan fingerprint density at radius 2 is 2.00 bits per heavy atom. The predicted octanol–water partition coefficient (Wildman–Crippen LogP) is 3.69. The first-order valence-corrected chi connectivity index (χ1v) is 10.9. The molecule has 0 aromatic rings. The van der Waals surface area contributed by atoms with Crippen LogP contribution in [0.4, 0.5) is 0 Å². The van der Waals surface area contributed by atoms with Gasteiger partial charge in [-0.3, -0.25) is 4.79 Å². The minimum Gasteiger partial charge on any atom is -0.444 e. The number of aliphatic hydroxyl groups excluding tert-OH is 1. The Balaban J connectivity index is 2.13. The van der Waals surface area contributed by atoms with Crippen molar-refractivity contribution in [3.05, 3.63) is 35.5 Å². The molecule has 5 nitrogen and oxygen atoms in total. The van der Waals surface area contributed by atoms with Crippen LogP contribution >= 0.6 is 0 Å². The number of ether oxygens (including phenoxy) is 1. The first-order chi connectivity index (χ1) is 13.6. The van der Waals surface area contributed by atoms with E-state index in [1.165, 1.54) is 17.7 Å². The topological polar surface area (TPSA) is 75.6 Å². The van der Waals surface area contributed by atoms with E-state index in [0.29, 0.717) is 12.3 Å². The van der Waals surface area contributed by atoms with E-state index in [1.807, 2.05) is 0 Å². The molecular formula is C24H35NO4. The van der Waals surface area contributed by atoms with Crippen LogP contribution in [0.3, 0.4) is 0 Å². The van der Waals surface area contributed by atoms with Gasteiger partial charge in [0.1, 0.15) is 0 Å². The highest BCUT2D eigenvalue weighted by molar-refractivity contribution is 5.94. The van der Waals surface area contributed by atoms with Crippen molar-refractivity contribution in [1.82, 2.24) is 5.32 Å². The summed E-state index contributed by atoms with van der Waals surface area (Å²) in [5.41, 5.74) is 1.14. The number of aliphatic hydroxyl groups is 1. The van der Waals surface area contributed by atoms with E-state index in [2.05, 4.69) is 52.1 Å². The van der Waals surface area contributed by atoms with Crippen molar-refractivity contribution in [2.45, 2.75) is 78.0 Å². The van der Waals surface area contributed by atoms with Crippen LogP contribution in [0.15, 0.2) is 35.5 Å². The fraction of sp³-hybridized carbons (Fsp3) is 0.667. The smallest absolute Gasteiger partial charge is 0.331 e. The highest BCUT2D eigenvalue weighted by Gasteiger charge is 2.64. The number of allylic oxidation sites excluding steroid dienone is 2. The van der Waals surface area contributed by atoms with Crippen molar-refractivity contribution in [1.29, 1.82) is 0 Å². The third-order valence-corrected chi connectivity index (χ3v) is 6.78. The first-order valence-electron chi connectivity index (χ1n) is 10.9. The molecule has 0 saturated carbocycles. The van der Waals surface area contributed by atoms with Crippen LogP contribution in [0.2, 0.25) is 0 Å². The third kappa shape index (κ3) is 4.20. The molecule has 1 fully saturated rings. The Labute approximate surface area is 174 Å². The minimum atomic E-state index is -1.24. The van der Waals surface area contributed by atoms with Gasteiger partial charge >= 0.3 is 5.97 Å². The molecule has 0 radical (unpaired) electrons. The van der Waals surface area contributed by atoms with Gasteiger partial charge in [0.05, 0.1) is 6.10 Å². The van der Waals surface area contributed by atoms with Crippen LogP contribution in [-0.4, -0.2) is 34.7 Å². The normalized spacial score (nSPS) is 41.0. The van der Waals surface area contributed by atoms with Gasteiger partial charge in [0.25, 0.3) is 5.91 Å². The van der Waals surface area contributed by atoms with Crippen LogP contribution in [0.25, 0.3) is 0 Å². The monoisotopic (exact) mass is 401 g/mol. The standard InChI is InChI=1S/C24H35NO4/c1-14(2)11-20-22-17(5)16(4)13-18-12-15(3)7-6-8-19(26)9-10-21(27)29-24(18,22)23(28)25-20/h9-10,12-14,17-20,22,26H,6-8,11H2,1-5H3,(H,25,28)/b10-9+,15-12+/t17-,18+,19+,20-,22+,24-/m1/s1. The Hall–Kier alpha value is -1.88. The Kier molecular flexibility index (Phi) is 6.37. The maximum absolute atomic E-state index is 13.4. The fourth-order valence-electron chi connectivity index (χ4n) is 5.29. The van der Waals surface area contributed by atoms with Gasteiger partial charge in [-0.1, -0.05) is 44.1 Å². The number of carbonyl (C=O) groups is 2. The predicted molar refractivity (Wildman–Crippen MR) is 113 cm³/mol. The number of nitrogens with one attached hydrogen (secondary N) is 1. The molecule has 2 aliphatic heterocycles.